The topological polar surface area (TPSA) is 37.4 Å². The second-order valence-electron chi connectivity index (χ2n) is 7.17. The van der Waals surface area contributed by atoms with E-state index in [2.05, 4.69) is 43.8 Å². The van der Waals surface area contributed by atoms with E-state index in [9.17, 15) is 9.59 Å². The first kappa shape index (κ1) is 23.7. The van der Waals surface area contributed by atoms with Crippen LogP contribution in [0.1, 0.15) is 52.8 Å². The number of carbonyl (C=O) groups is 2. The quantitative estimate of drug-likeness (QED) is 0.272. The number of Topliss-reactive ketones (excluding diaryl/α,β-unsaturated/α-hetero) is 2. The number of carbonyl (C=O) groups excluding carboxylic acids is 2. The van der Waals surface area contributed by atoms with Gasteiger partial charge in [0.15, 0.2) is 11.6 Å². The van der Waals surface area contributed by atoms with Gasteiger partial charge in [-0.15, -0.1) is 24.0 Å². The Morgan fingerprint density at radius 1 is 0.821 bits per heavy atom. The smallest absolute Gasteiger partial charge is 0.164 e. The first-order valence-electron chi connectivity index (χ1n) is 9.23. The van der Waals surface area contributed by atoms with Crippen molar-refractivity contribution < 1.29 is 9.59 Å². The summed E-state index contributed by atoms with van der Waals surface area (Å²) in [5.74, 6) is 0.332. The molecule has 1 aliphatic heterocycles. The Hall–Kier alpha value is -0.570. The molecule has 2 aromatic carbocycles. The van der Waals surface area contributed by atoms with Crippen molar-refractivity contribution in [3.05, 3.63) is 68.6 Å². The van der Waals surface area contributed by atoms with Gasteiger partial charge in [-0.3, -0.25) is 14.5 Å². The van der Waals surface area contributed by atoms with E-state index in [1.165, 1.54) is 0 Å². The van der Waals surface area contributed by atoms with E-state index in [1.54, 1.807) is 0 Å². The maximum absolute atomic E-state index is 12.6. The van der Waals surface area contributed by atoms with Gasteiger partial charge in [0.25, 0.3) is 0 Å². The predicted octanol–water partition coefficient (Wildman–Crippen LogP) is 6.53. The maximum Gasteiger partial charge on any atom is 0.164 e. The van der Waals surface area contributed by atoms with E-state index in [0.717, 1.165) is 39.3 Å². The van der Waals surface area contributed by atoms with Gasteiger partial charge in [0.2, 0.25) is 0 Å². The van der Waals surface area contributed by atoms with Crippen LogP contribution in [0.25, 0.3) is 0 Å². The van der Waals surface area contributed by atoms with Crippen molar-refractivity contribution in [1.82, 2.24) is 4.90 Å². The summed E-state index contributed by atoms with van der Waals surface area (Å²) < 4.78 is 1.95. The van der Waals surface area contributed by atoms with Crippen LogP contribution in [0.3, 0.4) is 0 Å². The fraction of sp³-hybridized carbons (Fsp3) is 0.364. The van der Waals surface area contributed by atoms with Gasteiger partial charge in [-0.05, 0) is 44.2 Å². The zero-order valence-electron chi connectivity index (χ0n) is 15.7. The highest BCUT2D eigenvalue weighted by molar-refractivity contribution is 14.0. The molecule has 2 atom stereocenters. The summed E-state index contributed by atoms with van der Waals surface area (Å²) in [6, 6.07) is 15.4. The first-order chi connectivity index (χ1) is 12.9. The fourth-order valence-electron chi connectivity index (χ4n) is 3.72. The van der Waals surface area contributed by atoms with Crippen molar-refractivity contribution in [2.24, 2.45) is 0 Å². The van der Waals surface area contributed by atoms with Crippen LogP contribution in [0.4, 0.5) is 0 Å². The minimum atomic E-state index is 0. The Morgan fingerprint density at radius 2 is 1.18 bits per heavy atom. The van der Waals surface area contributed by atoms with E-state index in [4.69, 9.17) is 0 Å². The fourth-order valence-corrected chi connectivity index (χ4v) is 4.25. The summed E-state index contributed by atoms with van der Waals surface area (Å²) in [6.07, 6.45) is 4.06. The molecule has 3 rings (SSSR count). The van der Waals surface area contributed by atoms with Crippen molar-refractivity contribution in [3.8, 4) is 0 Å². The third-order valence-electron chi connectivity index (χ3n) is 5.40. The Kier molecular flexibility index (Phi) is 9.31. The highest BCUT2D eigenvalue weighted by Gasteiger charge is 2.30. The lowest BCUT2D eigenvalue weighted by Gasteiger charge is -2.39. The molecule has 0 saturated carbocycles. The molecule has 1 fully saturated rings. The minimum absolute atomic E-state index is 0. The number of rotatable bonds is 6. The normalized spacial score (nSPS) is 19.7. The van der Waals surface area contributed by atoms with E-state index in [1.807, 2.05) is 48.5 Å². The van der Waals surface area contributed by atoms with Crippen molar-refractivity contribution in [3.63, 3.8) is 0 Å². The van der Waals surface area contributed by atoms with E-state index in [-0.39, 0.29) is 47.6 Å². The molecular formula is C22H24Br2INO2. The number of halogens is 3. The van der Waals surface area contributed by atoms with Crippen LogP contribution in [-0.2, 0) is 0 Å². The number of ketones is 2. The Morgan fingerprint density at radius 3 is 1.54 bits per heavy atom. The molecule has 150 valence electrons. The van der Waals surface area contributed by atoms with E-state index >= 15 is 0 Å². The van der Waals surface area contributed by atoms with E-state index < -0.39 is 0 Å². The molecule has 28 heavy (non-hydrogen) atoms. The van der Waals surface area contributed by atoms with Gasteiger partial charge in [-0.1, -0.05) is 62.5 Å². The highest BCUT2D eigenvalue weighted by Crippen LogP contribution is 2.27. The monoisotopic (exact) mass is 619 g/mol. The summed E-state index contributed by atoms with van der Waals surface area (Å²) in [5.41, 5.74) is 1.50. The third-order valence-corrected chi connectivity index (χ3v) is 6.46. The van der Waals surface area contributed by atoms with Crippen LogP contribution in [0, 0.1) is 0 Å². The Bertz CT molecular complexity index is 741. The number of likely N-dealkylation sites (tertiary alicyclic amines) is 1. The lowest BCUT2D eigenvalue weighted by molar-refractivity contribution is 0.0723. The number of benzene rings is 2. The molecule has 0 amide bonds. The molecule has 2 aromatic rings. The molecule has 0 N–H and O–H groups in total. The molecular weight excluding hydrogens is 597 g/mol. The summed E-state index contributed by atoms with van der Waals surface area (Å²) in [5, 5.41) is 0. The zero-order chi connectivity index (χ0) is 19.4. The predicted molar refractivity (Wildman–Crippen MR) is 131 cm³/mol. The molecule has 0 aromatic heterocycles. The van der Waals surface area contributed by atoms with Crippen LogP contribution >= 0.6 is 55.8 Å². The van der Waals surface area contributed by atoms with Crippen molar-refractivity contribution >= 4 is 67.4 Å². The number of hydrogen-bond donors (Lipinski definition) is 0. The summed E-state index contributed by atoms with van der Waals surface area (Å²) in [6.45, 7) is 0. The summed E-state index contributed by atoms with van der Waals surface area (Å²) in [7, 11) is 2.05. The van der Waals surface area contributed by atoms with Crippen LogP contribution in [0.15, 0.2) is 57.5 Å². The second-order valence-corrected chi connectivity index (χ2v) is 9.00. The average molecular weight is 621 g/mol. The molecule has 3 nitrogen and oxygen atoms in total. The molecule has 0 spiro atoms. The molecule has 1 heterocycles. The number of nitrogens with zero attached hydrogens (tertiary/aromatic N) is 1. The first-order valence-corrected chi connectivity index (χ1v) is 10.8. The Balaban J connectivity index is 0.00000280. The maximum atomic E-state index is 12.6. The van der Waals surface area contributed by atoms with Gasteiger partial charge in [-0.2, -0.15) is 0 Å². The standard InChI is InChI=1S/C22H23Br2NO2.HI/c1-25-19(13-21(26)15-5-9-17(23)10-6-15)3-2-4-20(25)14-22(27)16-7-11-18(24)12-8-16;/h5-12,19-20H,2-4,13-14H2,1H3;1H. The summed E-state index contributed by atoms with van der Waals surface area (Å²) >= 11 is 6.80. The van der Waals surface area contributed by atoms with Crippen LogP contribution < -0.4 is 0 Å². The van der Waals surface area contributed by atoms with Crippen molar-refractivity contribution in [2.45, 2.75) is 44.2 Å². The van der Waals surface area contributed by atoms with Crippen molar-refractivity contribution in [2.75, 3.05) is 7.05 Å². The second kappa shape index (κ2) is 11.0. The van der Waals surface area contributed by atoms with Gasteiger partial charge >= 0.3 is 0 Å². The molecule has 0 bridgehead atoms. The molecule has 1 saturated heterocycles. The van der Waals surface area contributed by atoms with Gasteiger partial charge < -0.3 is 0 Å². The van der Waals surface area contributed by atoms with Crippen LogP contribution in [-0.4, -0.2) is 35.6 Å². The highest BCUT2D eigenvalue weighted by atomic mass is 127. The van der Waals surface area contributed by atoms with Gasteiger partial charge in [-0.25, -0.2) is 0 Å². The van der Waals surface area contributed by atoms with Gasteiger partial charge in [0.05, 0.1) is 0 Å². The van der Waals surface area contributed by atoms with Crippen LogP contribution in [0.5, 0.6) is 0 Å². The number of hydrogen-bond acceptors (Lipinski definition) is 3. The van der Waals surface area contributed by atoms with Gasteiger partial charge in [0, 0.05) is 45.0 Å². The third kappa shape index (κ3) is 6.21. The zero-order valence-corrected chi connectivity index (χ0v) is 21.2. The minimum Gasteiger partial charge on any atom is -0.300 e. The molecule has 6 heteroatoms. The Labute approximate surface area is 200 Å². The molecule has 0 radical (unpaired) electrons. The lowest BCUT2D eigenvalue weighted by atomic mass is 9.88. The SMILES string of the molecule is CN1C(CC(=O)c2ccc(Br)cc2)CCCC1CC(=O)c1ccc(Br)cc1.I. The largest absolute Gasteiger partial charge is 0.300 e. The molecule has 1 aliphatic rings. The number of piperidine rings is 1. The molecule has 0 aliphatic carbocycles. The van der Waals surface area contributed by atoms with Crippen molar-refractivity contribution in [1.29, 1.82) is 0 Å². The molecule has 2 unspecified atom stereocenters. The van der Waals surface area contributed by atoms with Crippen LogP contribution in [0.2, 0.25) is 0 Å². The van der Waals surface area contributed by atoms with E-state index in [0.29, 0.717) is 12.8 Å². The lowest BCUT2D eigenvalue weighted by Crippen LogP contribution is -2.45. The summed E-state index contributed by atoms with van der Waals surface area (Å²) in [4.78, 5) is 27.5. The van der Waals surface area contributed by atoms with Gasteiger partial charge in [0.1, 0.15) is 0 Å². The average Bonchev–Trinajstić information content (AvgIpc) is 2.66.